The fraction of sp³-hybridized carbons (Fsp3) is 0.923. The number of hydrogen-bond donors (Lipinski definition) is 3. The largest absolute Gasteiger partial charge is 0.392 e. The van der Waals surface area contributed by atoms with Gasteiger partial charge in [-0.05, 0) is 26.2 Å². The van der Waals surface area contributed by atoms with E-state index in [2.05, 4.69) is 10.6 Å². The van der Waals surface area contributed by atoms with Gasteiger partial charge in [0.25, 0.3) is 0 Å². The van der Waals surface area contributed by atoms with Gasteiger partial charge in [0.05, 0.1) is 12.6 Å². The summed E-state index contributed by atoms with van der Waals surface area (Å²) in [6.45, 7) is 4.68. The van der Waals surface area contributed by atoms with Gasteiger partial charge in [-0.3, -0.25) is 4.79 Å². The molecule has 1 aliphatic carbocycles. The third-order valence-electron chi connectivity index (χ3n) is 3.20. The minimum atomic E-state index is -0.315. The van der Waals surface area contributed by atoms with Gasteiger partial charge in [-0.15, -0.1) is 0 Å². The highest BCUT2D eigenvalue weighted by molar-refractivity contribution is 5.78. The zero-order valence-electron chi connectivity index (χ0n) is 11.0. The van der Waals surface area contributed by atoms with E-state index in [-0.39, 0.29) is 18.1 Å². The second-order valence-electron chi connectivity index (χ2n) is 5.39. The Bertz CT molecular complexity index is 225. The zero-order valence-corrected chi connectivity index (χ0v) is 11.0. The summed E-state index contributed by atoms with van der Waals surface area (Å²) in [6.07, 6.45) is 5.68. The Labute approximate surface area is 104 Å². The summed E-state index contributed by atoms with van der Waals surface area (Å²) >= 11 is 0. The van der Waals surface area contributed by atoms with E-state index in [0.29, 0.717) is 19.0 Å². The average molecular weight is 242 g/mol. The SMILES string of the molecule is CC(C)NC(=O)CNCC(O)CC1CCCC1. The molecule has 0 bridgehead atoms. The van der Waals surface area contributed by atoms with E-state index in [9.17, 15) is 9.90 Å². The van der Waals surface area contributed by atoms with E-state index >= 15 is 0 Å². The molecule has 4 nitrogen and oxygen atoms in total. The molecule has 1 unspecified atom stereocenters. The molecule has 1 fully saturated rings. The Morgan fingerprint density at radius 2 is 2.00 bits per heavy atom. The fourth-order valence-corrected chi connectivity index (χ4v) is 2.44. The van der Waals surface area contributed by atoms with Crippen LogP contribution in [-0.2, 0) is 4.79 Å². The summed E-state index contributed by atoms with van der Waals surface area (Å²) in [5.41, 5.74) is 0. The van der Waals surface area contributed by atoms with E-state index in [1.807, 2.05) is 13.8 Å². The molecule has 0 aliphatic heterocycles. The van der Waals surface area contributed by atoms with Gasteiger partial charge in [0.1, 0.15) is 0 Å². The molecular weight excluding hydrogens is 216 g/mol. The zero-order chi connectivity index (χ0) is 12.7. The predicted octanol–water partition coefficient (Wildman–Crippen LogP) is 1.04. The Kier molecular flexibility index (Phi) is 6.52. The van der Waals surface area contributed by atoms with Gasteiger partial charge in [-0.2, -0.15) is 0 Å². The molecule has 17 heavy (non-hydrogen) atoms. The first-order valence-corrected chi connectivity index (χ1v) is 6.76. The van der Waals surface area contributed by atoms with Gasteiger partial charge in [-0.25, -0.2) is 0 Å². The molecule has 1 amide bonds. The number of aliphatic hydroxyl groups is 1. The van der Waals surface area contributed by atoms with Gasteiger partial charge >= 0.3 is 0 Å². The van der Waals surface area contributed by atoms with Crippen molar-refractivity contribution in [1.82, 2.24) is 10.6 Å². The Morgan fingerprint density at radius 3 is 2.59 bits per heavy atom. The van der Waals surface area contributed by atoms with Crippen molar-refractivity contribution in [2.45, 2.75) is 58.1 Å². The van der Waals surface area contributed by atoms with Crippen LogP contribution in [0.2, 0.25) is 0 Å². The Morgan fingerprint density at radius 1 is 1.35 bits per heavy atom. The van der Waals surface area contributed by atoms with Gasteiger partial charge in [0.2, 0.25) is 5.91 Å². The number of rotatable bonds is 7. The predicted molar refractivity (Wildman–Crippen MR) is 68.7 cm³/mol. The average Bonchev–Trinajstić information content (AvgIpc) is 2.69. The summed E-state index contributed by atoms with van der Waals surface area (Å²) in [5.74, 6) is 0.685. The molecule has 0 aromatic rings. The minimum Gasteiger partial charge on any atom is -0.392 e. The monoisotopic (exact) mass is 242 g/mol. The number of carbonyl (C=O) groups is 1. The summed E-state index contributed by atoms with van der Waals surface area (Å²) in [6, 6.07) is 0.174. The first-order chi connectivity index (χ1) is 8.08. The highest BCUT2D eigenvalue weighted by Gasteiger charge is 2.18. The lowest BCUT2D eigenvalue weighted by Crippen LogP contribution is -2.40. The maximum absolute atomic E-state index is 11.3. The lowest BCUT2D eigenvalue weighted by atomic mass is 10.0. The number of amides is 1. The Hall–Kier alpha value is -0.610. The highest BCUT2D eigenvalue weighted by Crippen LogP contribution is 2.28. The molecule has 0 radical (unpaired) electrons. The third-order valence-corrected chi connectivity index (χ3v) is 3.20. The molecule has 3 N–H and O–H groups in total. The Balaban J connectivity index is 2.03. The number of nitrogens with one attached hydrogen (secondary N) is 2. The van der Waals surface area contributed by atoms with E-state index in [1.165, 1.54) is 25.7 Å². The molecule has 4 heteroatoms. The van der Waals surface area contributed by atoms with Crippen LogP contribution in [0.4, 0.5) is 0 Å². The molecule has 1 rings (SSSR count). The summed E-state index contributed by atoms with van der Waals surface area (Å²) in [5, 5.41) is 15.6. The molecule has 0 spiro atoms. The van der Waals surface area contributed by atoms with Crippen LogP contribution in [0.15, 0.2) is 0 Å². The van der Waals surface area contributed by atoms with Crippen molar-refractivity contribution < 1.29 is 9.90 Å². The maximum atomic E-state index is 11.3. The normalized spacial score (nSPS) is 18.6. The van der Waals surface area contributed by atoms with Gasteiger partial charge in [-0.1, -0.05) is 25.7 Å². The highest BCUT2D eigenvalue weighted by atomic mass is 16.3. The van der Waals surface area contributed by atoms with E-state index < -0.39 is 0 Å². The van der Waals surface area contributed by atoms with Crippen molar-refractivity contribution in [3.8, 4) is 0 Å². The van der Waals surface area contributed by atoms with Gasteiger partial charge in [0.15, 0.2) is 0 Å². The van der Waals surface area contributed by atoms with E-state index in [4.69, 9.17) is 0 Å². The first-order valence-electron chi connectivity index (χ1n) is 6.76. The lowest BCUT2D eigenvalue weighted by molar-refractivity contribution is -0.120. The van der Waals surface area contributed by atoms with Crippen LogP contribution in [0.1, 0.15) is 46.0 Å². The molecule has 0 heterocycles. The fourth-order valence-electron chi connectivity index (χ4n) is 2.44. The van der Waals surface area contributed by atoms with E-state index in [1.54, 1.807) is 0 Å². The van der Waals surface area contributed by atoms with Crippen LogP contribution in [0.3, 0.4) is 0 Å². The van der Waals surface area contributed by atoms with Crippen molar-refractivity contribution >= 4 is 5.91 Å². The second kappa shape index (κ2) is 7.67. The van der Waals surface area contributed by atoms with Crippen molar-refractivity contribution in [2.24, 2.45) is 5.92 Å². The van der Waals surface area contributed by atoms with Crippen LogP contribution >= 0.6 is 0 Å². The van der Waals surface area contributed by atoms with Crippen molar-refractivity contribution in [2.75, 3.05) is 13.1 Å². The van der Waals surface area contributed by atoms with Crippen LogP contribution in [0.5, 0.6) is 0 Å². The molecule has 1 aliphatic rings. The second-order valence-corrected chi connectivity index (χ2v) is 5.39. The van der Waals surface area contributed by atoms with Gasteiger partial charge in [0, 0.05) is 12.6 Å². The molecule has 100 valence electrons. The van der Waals surface area contributed by atoms with Crippen LogP contribution < -0.4 is 10.6 Å². The van der Waals surface area contributed by atoms with Crippen molar-refractivity contribution in [3.05, 3.63) is 0 Å². The summed E-state index contributed by atoms with van der Waals surface area (Å²) < 4.78 is 0. The number of hydrogen-bond acceptors (Lipinski definition) is 3. The molecule has 0 saturated heterocycles. The number of aliphatic hydroxyl groups excluding tert-OH is 1. The topological polar surface area (TPSA) is 61.4 Å². The number of carbonyl (C=O) groups excluding carboxylic acids is 1. The van der Waals surface area contributed by atoms with Crippen LogP contribution in [-0.4, -0.2) is 36.2 Å². The van der Waals surface area contributed by atoms with Crippen molar-refractivity contribution in [3.63, 3.8) is 0 Å². The molecular formula is C13H26N2O2. The minimum absolute atomic E-state index is 0.00642. The standard InChI is InChI=1S/C13H26N2O2/c1-10(2)15-13(17)9-14-8-12(16)7-11-5-3-4-6-11/h10-12,14,16H,3-9H2,1-2H3,(H,15,17). The molecule has 0 aromatic heterocycles. The lowest BCUT2D eigenvalue weighted by Gasteiger charge is -2.16. The summed E-state index contributed by atoms with van der Waals surface area (Å²) in [4.78, 5) is 11.3. The quantitative estimate of drug-likeness (QED) is 0.625. The smallest absolute Gasteiger partial charge is 0.234 e. The molecule has 0 aromatic carbocycles. The van der Waals surface area contributed by atoms with Gasteiger partial charge < -0.3 is 15.7 Å². The van der Waals surface area contributed by atoms with Crippen molar-refractivity contribution in [1.29, 1.82) is 0 Å². The van der Waals surface area contributed by atoms with Crippen LogP contribution in [0.25, 0.3) is 0 Å². The van der Waals surface area contributed by atoms with E-state index in [0.717, 1.165) is 6.42 Å². The summed E-state index contributed by atoms with van der Waals surface area (Å²) in [7, 11) is 0. The first kappa shape index (κ1) is 14.5. The maximum Gasteiger partial charge on any atom is 0.234 e. The molecule has 1 saturated carbocycles. The molecule has 1 atom stereocenters. The van der Waals surface area contributed by atoms with Crippen LogP contribution in [0, 0.1) is 5.92 Å². The third kappa shape index (κ3) is 6.64.